The number of aliphatic carboxylic acids is 1. The lowest BCUT2D eigenvalue weighted by atomic mass is 9.99. The van der Waals surface area contributed by atoms with Crippen molar-refractivity contribution < 1.29 is 53.8 Å². The van der Waals surface area contributed by atoms with Crippen LogP contribution in [0.25, 0.3) is 0 Å². The Morgan fingerprint density at radius 3 is 1.66 bits per heavy atom. The number of allylic oxidation sites excluding steroid dienone is 11. The minimum atomic E-state index is -1.88. The molecular weight excluding hydrogens is 716 g/mol. The van der Waals surface area contributed by atoms with E-state index in [-0.39, 0.29) is 19.4 Å². The zero-order valence-corrected chi connectivity index (χ0v) is 34.1. The molecule has 0 aromatic carbocycles. The van der Waals surface area contributed by atoms with Crippen molar-refractivity contribution in [1.29, 1.82) is 0 Å². The largest absolute Gasteiger partial charge is 0.479 e. The number of hydrogen-bond acceptors (Lipinski definition) is 10. The third kappa shape index (κ3) is 26.5. The van der Waals surface area contributed by atoms with Crippen LogP contribution in [-0.4, -0.2) is 88.4 Å². The maximum Gasteiger partial charge on any atom is 0.335 e. The minimum Gasteiger partial charge on any atom is -0.479 e. The lowest BCUT2D eigenvalue weighted by Crippen LogP contribution is -2.60. The van der Waals surface area contributed by atoms with Crippen LogP contribution in [0.4, 0.5) is 0 Å². The molecular formula is C45H72O11. The summed E-state index contributed by atoms with van der Waals surface area (Å²) >= 11 is 0. The topological polar surface area (TPSA) is 169 Å². The number of carbonyl (C=O) groups excluding carboxylic acids is 2. The summed E-state index contributed by atoms with van der Waals surface area (Å²) in [4.78, 5) is 36.7. The molecule has 4 N–H and O–H groups in total. The molecule has 0 radical (unpaired) electrons. The molecule has 0 aliphatic carbocycles. The Labute approximate surface area is 336 Å². The van der Waals surface area contributed by atoms with Crippen LogP contribution < -0.4 is 0 Å². The predicted octanol–water partition coefficient (Wildman–Crippen LogP) is 8.53. The number of carboxylic acid groups (broad SMARTS) is 1. The highest BCUT2D eigenvalue weighted by atomic mass is 16.7. The molecule has 1 rings (SSSR count). The van der Waals surface area contributed by atoms with Gasteiger partial charge in [-0.25, -0.2) is 4.79 Å². The zero-order chi connectivity index (χ0) is 41.1. The Bertz CT molecular complexity index is 1200. The number of carboxylic acids is 1. The molecule has 11 nitrogen and oxygen atoms in total. The van der Waals surface area contributed by atoms with E-state index in [4.69, 9.17) is 18.9 Å². The average molecular weight is 789 g/mol. The van der Waals surface area contributed by atoms with Gasteiger partial charge in [0, 0.05) is 6.42 Å². The quantitative estimate of drug-likeness (QED) is 0.0286. The second-order valence-corrected chi connectivity index (χ2v) is 14.1. The van der Waals surface area contributed by atoms with Crippen LogP contribution in [0.5, 0.6) is 0 Å². The number of esters is 2. The van der Waals surface area contributed by atoms with Crippen molar-refractivity contribution >= 4 is 17.9 Å². The summed E-state index contributed by atoms with van der Waals surface area (Å²) in [6, 6.07) is 0. The summed E-state index contributed by atoms with van der Waals surface area (Å²) in [5.41, 5.74) is 0. The lowest BCUT2D eigenvalue weighted by Gasteiger charge is -2.38. The Hall–Kier alpha value is -3.35. The Kier molecular flexibility index (Phi) is 31.5. The van der Waals surface area contributed by atoms with E-state index in [0.29, 0.717) is 12.8 Å². The fourth-order valence-corrected chi connectivity index (χ4v) is 5.77. The van der Waals surface area contributed by atoms with Gasteiger partial charge in [-0.15, -0.1) is 0 Å². The molecule has 0 aromatic heterocycles. The monoisotopic (exact) mass is 789 g/mol. The molecule has 0 saturated carbocycles. The summed E-state index contributed by atoms with van der Waals surface area (Å²) in [7, 11) is 0. The third-order valence-electron chi connectivity index (χ3n) is 9.07. The van der Waals surface area contributed by atoms with Crippen LogP contribution >= 0.6 is 0 Å². The smallest absolute Gasteiger partial charge is 0.335 e. The van der Waals surface area contributed by atoms with Crippen molar-refractivity contribution in [3.8, 4) is 0 Å². The molecule has 11 heteroatoms. The Balaban J connectivity index is 2.48. The number of carbonyl (C=O) groups is 3. The number of ether oxygens (including phenoxy) is 4. The first-order valence-corrected chi connectivity index (χ1v) is 21.0. The average Bonchev–Trinajstić information content (AvgIpc) is 3.18. The first-order valence-electron chi connectivity index (χ1n) is 21.0. The lowest BCUT2D eigenvalue weighted by molar-refractivity contribution is -0.298. The molecule has 0 bridgehead atoms. The van der Waals surface area contributed by atoms with Crippen LogP contribution in [0.3, 0.4) is 0 Å². The van der Waals surface area contributed by atoms with Crippen LogP contribution in [-0.2, 0) is 33.3 Å². The molecule has 1 aliphatic rings. The van der Waals surface area contributed by atoms with Crippen molar-refractivity contribution in [3.63, 3.8) is 0 Å². The molecule has 6 atom stereocenters. The van der Waals surface area contributed by atoms with Gasteiger partial charge in [0.1, 0.15) is 24.9 Å². The molecule has 56 heavy (non-hydrogen) atoms. The van der Waals surface area contributed by atoms with Gasteiger partial charge in [0.25, 0.3) is 0 Å². The number of aliphatic hydroxyl groups excluding tert-OH is 3. The van der Waals surface area contributed by atoms with E-state index in [1.54, 1.807) is 6.08 Å². The summed E-state index contributed by atoms with van der Waals surface area (Å²) < 4.78 is 21.6. The van der Waals surface area contributed by atoms with E-state index in [9.17, 15) is 34.8 Å². The molecule has 0 amide bonds. The van der Waals surface area contributed by atoms with Crippen LogP contribution in [0.15, 0.2) is 72.9 Å². The highest BCUT2D eigenvalue weighted by Gasteiger charge is 2.47. The van der Waals surface area contributed by atoms with E-state index in [1.807, 2.05) is 18.2 Å². The van der Waals surface area contributed by atoms with Crippen LogP contribution in [0.1, 0.15) is 142 Å². The van der Waals surface area contributed by atoms with Crippen molar-refractivity contribution in [1.82, 2.24) is 0 Å². The zero-order valence-electron chi connectivity index (χ0n) is 34.1. The van der Waals surface area contributed by atoms with Gasteiger partial charge in [-0.1, -0.05) is 138 Å². The SMILES string of the molecule is CC/C=C\C/C=C\C/C=C\C/C=C\C/C=C\CC(=O)OCC(COC1OC(C(=O)O)C(O)C(O)C1O)OC(=O)CCCCCCC/C=C\CCCCCCCC. The van der Waals surface area contributed by atoms with Crippen molar-refractivity contribution in [2.45, 2.75) is 179 Å². The van der Waals surface area contributed by atoms with E-state index in [0.717, 1.165) is 64.2 Å². The van der Waals surface area contributed by atoms with Gasteiger partial charge in [0.2, 0.25) is 0 Å². The Morgan fingerprint density at radius 2 is 1.11 bits per heavy atom. The Morgan fingerprint density at radius 1 is 0.589 bits per heavy atom. The highest BCUT2D eigenvalue weighted by molar-refractivity contribution is 5.73. The van der Waals surface area contributed by atoms with Gasteiger partial charge < -0.3 is 39.4 Å². The van der Waals surface area contributed by atoms with E-state index in [1.165, 1.54) is 38.5 Å². The van der Waals surface area contributed by atoms with Crippen LogP contribution in [0.2, 0.25) is 0 Å². The minimum absolute atomic E-state index is 0.00121. The number of aliphatic hydroxyl groups is 3. The van der Waals surface area contributed by atoms with Gasteiger partial charge >= 0.3 is 17.9 Å². The summed E-state index contributed by atoms with van der Waals surface area (Å²) in [5.74, 6) is -2.62. The molecule has 1 fully saturated rings. The number of rotatable bonds is 33. The van der Waals surface area contributed by atoms with Gasteiger partial charge in [0.15, 0.2) is 18.5 Å². The van der Waals surface area contributed by atoms with Crippen molar-refractivity contribution in [3.05, 3.63) is 72.9 Å². The predicted molar refractivity (Wildman–Crippen MR) is 220 cm³/mol. The normalized spacial score (nSPS) is 21.1. The van der Waals surface area contributed by atoms with Crippen molar-refractivity contribution in [2.75, 3.05) is 13.2 Å². The number of hydrogen-bond donors (Lipinski definition) is 4. The molecule has 0 spiro atoms. The van der Waals surface area contributed by atoms with E-state index < -0.39 is 61.3 Å². The fourth-order valence-electron chi connectivity index (χ4n) is 5.77. The molecule has 1 aliphatic heterocycles. The molecule has 318 valence electrons. The standard InChI is InChI=1S/C45H72O11/c1-3-5-7-9-11-13-15-17-19-21-23-25-27-29-31-33-38(46)53-35-37(36-54-45-42(50)40(48)41(49)43(56-45)44(51)52)55-39(47)34-32-30-28-26-24-22-20-18-16-14-12-10-8-6-4-2/h5,7,11,13,17-20,23,25,29,31,37,40-43,45,48-50H,3-4,6,8-10,12,14-16,21-22,24,26-28,30,32-36H2,1-2H3,(H,51,52)/b7-5-,13-11-,19-17-,20-18-,25-23-,31-29-. The van der Waals surface area contributed by atoms with Gasteiger partial charge in [0.05, 0.1) is 13.0 Å². The highest BCUT2D eigenvalue weighted by Crippen LogP contribution is 2.23. The maximum absolute atomic E-state index is 12.7. The van der Waals surface area contributed by atoms with Gasteiger partial charge in [-0.05, 0) is 64.2 Å². The summed E-state index contributed by atoms with van der Waals surface area (Å²) in [6.45, 7) is 3.57. The first-order chi connectivity index (χ1) is 27.2. The molecule has 1 saturated heterocycles. The first kappa shape index (κ1) is 50.7. The third-order valence-corrected chi connectivity index (χ3v) is 9.07. The number of unbranched alkanes of at least 4 members (excludes halogenated alkanes) is 11. The summed E-state index contributed by atoms with van der Waals surface area (Å²) in [5, 5.41) is 39.7. The second kappa shape index (κ2) is 34.9. The van der Waals surface area contributed by atoms with Gasteiger partial charge in [-0.2, -0.15) is 0 Å². The molecule has 1 heterocycles. The molecule has 6 unspecified atom stereocenters. The fraction of sp³-hybridized carbons (Fsp3) is 0.667. The van der Waals surface area contributed by atoms with Crippen LogP contribution in [0, 0.1) is 0 Å². The van der Waals surface area contributed by atoms with Gasteiger partial charge in [-0.3, -0.25) is 9.59 Å². The second-order valence-electron chi connectivity index (χ2n) is 14.1. The maximum atomic E-state index is 12.7. The molecule has 0 aromatic rings. The van der Waals surface area contributed by atoms with Crippen molar-refractivity contribution in [2.24, 2.45) is 0 Å². The summed E-state index contributed by atoms with van der Waals surface area (Å²) in [6.07, 6.45) is 34.1. The van der Waals surface area contributed by atoms with E-state index in [2.05, 4.69) is 62.5 Å². The van der Waals surface area contributed by atoms with E-state index >= 15 is 0 Å².